The molecule has 2 rings (SSSR count). The first-order valence-electron chi connectivity index (χ1n) is 6.16. The maximum atomic E-state index is 13.3. The van der Waals surface area contributed by atoms with E-state index >= 15 is 0 Å². The molecule has 1 atom stereocenters. The van der Waals surface area contributed by atoms with Gasteiger partial charge in [-0.1, -0.05) is 6.92 Å². The smallest absolute Gasteiger partial charge is 0.141 e. The second kappa shape index (κ2) is 6.73. The van der Waals surface area contributed by atoms with Gasteiger partial charge in [-0.2, -0.15) is 0 Å². The number of rotatable bonds is 5. The lowest BCUT2D eigenvalue weighted by Crippen LogP contribution is -2.24. The van der Waals surface area contributed by atoms with Crippen LogP contribution in [0.15, 0.2) is 41.3 Å². The van der Waals surface area contributed by atoms with Crippen LogP contribution >= 0.6 is 15.9 Å². The monoisotopic (exact) mass is 323 g/mol. The SMILES string of the molecule is CCCNC(c1cncc(F)c1)c1ccc(Br)cn1. The summed E-state index contributed by atoms with van der Waals surface area (Å²) in [5.74, 6) is -0.335. The van der Waals surface area contributed by atoms with Crippen molar-refractivity contribution in [3.63, 3.8) is 0 Å². The molecule has 0 radical (unpaired) electrons. The normalized spacial score (nSPS) is 12.4. The summed E-state index contributed by atoms with van der Waals surface area (Å²) < 4.78 is 14.2. The Morgan fingerprint density at radius 2 is 2.16 bits per heavy atom. The van der Waals surface area contributed by atoms with E-state index in [1.54, 1.807) is 12.4 Å². The summed E-state index contributed by atoms with van der Waals surface area (Å²) in [6, 6.07) is 5.19. The van der Waals surface area contributed by atoms with Gasteiger partial charge in [0.1, 0.15) is 5.82 Å². The largest absolute Gasteiger partial charge is 0.305 e. The molecule has 1 N–H and O–H groups in total. The third-order valence-electron chi connectivity index (χ3n) is 2.70. The van der Waals surface area contributed by atoms with Gasteiger partial charge in [0, 0.05) is 16.9 Å². The number of hydrogen-bond donors (Lipinski definition) is 1. The lowest BCUT2D eigenvalue weighted by atomic mass is 10.0. The van der Waals surface area contributed by atoms with E-state index in [0.717, 1.165) is 28.7 Å². The van der Waals surface area contributed by atoms with Crippen LogP contribution in [0.4, 0.5) is 4.39 Å². The van der Waals surface area contributed by atoms with Crippen LogP contribution in [0.3, 0.4) is 0 Å². The number of nitrogens with one attached hydrogen (secondary N) is 1. The summed E-state index contributed by atoms with van der Waals surface area (Å²) in [5.41, 5.74) is 1.63. The van der Waals surface area contributed by atoms with Crippen molar-refractivity contribution in [2.45, 2.75) is 19.4 Å². The Hall–Kier alpha value is -1.33. The summed E-state index contributed by atoms with van der Waals surface area (Å²) in [7, 11) is 0. The van der Waals surface area contributed by atoms with Gasteiger partial charge in [0.15, 0.2) is 0 Å². The van der Waals surface area contributed by atoms with Crippen LogP contribution < -0.4 is 5.32 Å². The topological polar surface area (TPSA) is 37.8 Å². The van der Waals surface area contributed by atoms with E-state index in [1.165, 1.54) is 12.3 Å². The molecule has 2 aromatic rings. The minimum Gasteiger partial charge on any atom is -0.305 e. The number of halogens is 2. The second-order valence-corrected chi connectivity index (χ2v) is 5.14. The van der Waals surface area contributed by atoms with Crippen LogP contribution in [0.2, 0.25) is 0 Å². The second-order valence-electron chi connectivity index (χ2n) is 4.22. The Bertz CT molecular complexity index is 530. The predicted molar refractivity (Wildman–Crippen MR) is 76.3 cm³/mol. The maximum absolute atomic E-state index is 13.3. The first-order valence-corrected chi connectivity index (χ1v) is 6.95. The van der Waals surface area contributed by atoms with Crippen LogP contribution in [0.5, 0.6) is 0 Å². The minimum absolute atomic E-state index is 0.142. The third-order valence-corrected chi connectivity index (χ3v) is 3.17. The summed E-state index contributed by atoms with van der Waals surface area (Å²) in [6.07, 6.45) is 5.61. The van der Waals surface area contributed by atoms with E-state index in [4.69, 9.17) is 0 Å². The van der Waals surface area contributed by atoms with E-state index in [2.05, 4.69) is 38.1 Å². The van der Waals surface area contributed by atoms with Crippen molar-refractivity contribution in [1.82, 2.24) is 15.3 Å². The van der Waals surface area contributed by atoms with Crippen LogP contribution in [0.25, 0.3) is 0 Å². The molecular weight excluding hydrogens is 309 g/mol. The fourth-order valence-corrected chi connectivity index (χ4v) is 2.06. The zero-order valence-corrected chi connectivity index (χ0v) is 12.2. The Morgan fingerprint density at radius 1 is 1.32 bits per heavy atom. The Morgan fingerprint density at radius 3 is 2.79 bits per heavy atom. The fraction of sp³-hybridized carbons (Fsp3) is 0.286. The molecule has 0 aliphatic carbocycles. The zero-order chi connectivity index (χ0) is 13.7. The molecule has 0 saturated carbocycles. The molecular formula is C14H15BrFN3. The Balaban J connectivity index is 2.32. The molecule has 100 valence electrons. The molecule has 19 heavy (non-hydrogen) atoms. The van der Waals surface area contributed by atoms with Crippen LogP contribution in [0, 0.1) is 5.82 Å². The molecule has 0 amide bonds. The molecule has 2 heterocycles. The molecule has 5 heteroatoms. The quantitative estimate of drug-likeness (QED) is 0.915. The summed E-state index contributed by atoms with van der Waals surface area (Å²) >= 11 is 3.36. The van der Waals surface area contributed by atoms with E-state index in [-0.39, 0.29) is 11.9 Å². The lowest BCUT2D eigenvalue weighted by Gasteiger charge is -2.18. The van der Waals surface area contributed by atoms with Crippen LogP contribution in [-0.2, 0) is 0 Å². The molecule has 0 bridgehead atoms. The summed E-state index contributed by atoms with van der Waals surface area (Å²) in [6.45, 7) is 2.92. The highest BCUT2D eigenvalue weighted by Gasteiger charge is 2.15. The Labute approximate surface area is 120 Å². The molecule has 3 nitrogen and oxygen atoms in total. The van der Waals surface area contributed by atoms with Crippen molar-refractivity contribution in [2.75, 3.05) is 6.54 Å². The molecule has 2 aromatic heterocycles. The van der Waals surface area contributed by atoms with Gasteiger partial charge in [0.05, 0.1) is 17.9 Å². The molecule has 1 unspecified atom stereocenters. The highest BCUT2D eigenvalue weighted by molar-refractivity contribution is 9.10. The summed E-state index contributed by atoms with van der Waals surface area (Å²) in [4.78, 5) is 8.28. The van der Waals surface area contributed by atoms with Crippen molar-refractivity contribution in [2.24, 2.45) is 0 Å². The van der Waals surface area contributed by atoms with Gasteiger partial charge in [-0.25, -0.2) is 4.39 Å². The highest BCUT2D eigenvalue weighted by Crippen LogP contribution is 2.21. The predicted octanol–water partition coefficient (Wildman–Crippen LogP) is 3.47. The standard InChI is InChI=1S/C14H15BrFN3/c1-2-5-18-14(10-6-12(16)9-17-7-10)13-4-3-11(15)8-19-13/h3-4,6-9,14,18H,2,5H2,1H3. The van der Waals surface area contributed by atoms with Gasteiger partial charge >= 0.3 is 0 Å². The zero-order valence-electron chi connectivity index (χ0n) is 10.6. The van der Waals surface area contributed by atoms with Gasteiger partial charge in [-0.3, -0.25) is 9.97 Å². The van der Waals surface area contributed by atoms with Crippen molar-refractivity contribution >= 4 is 15.9 Å². The first-order chi connectivity index (χ1) is 9.20. The fourth-order valence-electron chi connectivity index (χ4n) is 1.83. The molecule has 0 saturated heterocycles. The van der Waals surface area contributed by atoms with Crippen molar-refractivity contribution in [3.05, 3.63) is 58.3 Å². The van der Waals surface area contributed by atoms with E-state index in [1.807, 2.05) is 12.1 Å². The average Bonchev–Trinajstić information content (AvgIpc) is 2.41. The van der Waals surface area contributed by atoms with E-state index in [0.29, 0.717) is 0 Å². The van der Waals surface area contributed by atoms with E-state index in [9.17, 15) is 4.39 Å². The van der Waals surface area contributed by atoms with Crippen LogP contribution in [0.1, 0.15) is 30.6 Å². The molecule has 0 aliphatic rings. The number of pyridine rings is 2. The summed E-state index contributed by atoms with van der Waals surface area (Å²) in [5, 5.41) is 3.36. The third kappa shape index (κ3) is 3.81. The van der Waals surface area contributed by atoms with Gasteiger partial charge in [0.2, 0.25) is 0 Å². The Kier molecular flexibility index (Phi) is 4.99. The molecule has 0 aliphatic heterocycles. The number of nitrogens with zero attached hydrogens (tertiary/aromatic N) is 2. The molecule has 0 aromatic carbocycles. The molecule has 0 spiro atoms. The van der Waals surface area contributed by atoms with Gasteiger partial charge < -0.3 is 5.32 Å². The lowest BCUT2D eigenvalue weighted by molar-refractivity contribution is 0.571. The van der Waals surface area contributed by atoms with Crippen molar-refractivity contribution in [1.29, 1.82) is 0 Å². The van der Waals surface area contributed by atoms with Gasteiger partial charge in [-0.05, 0) is 52.7 Å². The van der Waals surface area contributed by atoms with Gasteiger partial charge in [-0.15, -0.1) is 0 Å². The minimum atomic E-state index is -0.335. The highest BCUT2D eigenvalue weighted by atomic mass is 79.9. The maximum Gasteiger partial charge on any atom is 0.141 e. The van der Waals surface area contributed by atoms with E-state index < -0.39 is 0 Å². The van der Waals surface area contributed by atoms with Crippen LogP contribution in [-0.4, -0.2) is 16.5 Å². The molecule has 0 fully saturated rings. The average molecular weight is 324 g/mol. The van der Waals surface area contributed by atoms with Crippen molar-refractivity contribution in [3.8, 4) is 0 Å². The first kappa shape index (κ1) is 14.1. The van der Waals surface area contributed by atoms with Gasteiger partial charge in [0.25, 0.3) is 0 Å². The van der Waals surface area contributed by atoms with Crippen molar-refractivity contribution < 1.29 is 4.39 Å². The number of aromatic nitrogens is 2. The number of hydrogen-bond acceptors (Lipinski definition) is 3.